The summed E-state index contributed by atoms with van der Waals surface area (Å²) < 4.78 is 0. The maximum absolute atomic E-state index is 10.4. The van der Waals surface area contributed by atoms with Gasteiger partial charge in [-0.15, -0.1) is 0 Å². The van der Waals surface area contributed by atoms with E-state index in [0.717, 1.165) is 38.4 Å². The minimum absolute atomic E-state index is 0.385. The Balaban J connectivity index is 2.09. The summed E-state index contributed by atoms with van der Waals surface area (Å²) >= 11 is 0. The van der Waals surface area contributed by atoms with Crippen LogP contribution in [0.5, 0.6) is 0 Å². The lowest BCUT2D eigenvalue weighted by molar-refractivity contribution is -0.0546. The summed E-state index contributed by atoms with van der Waals surface area (Å²) in [5.41, 5.74) is 5.91. The number of aliphatic hydroxyl groups is 1. The molecule has 20 heavy (non-hydrogen) atoms. The van der Waals surface area contributed by atoms with E-state index >= 15 is 0 Å². The zero-order chi connectivity index (χ0) is 15.0. The van der Waals surface area contributed by atoms with Gasteiger partial charge in [0.2, 0.25) is 0 Å². The lowest BCUT2D eigenvalue weighted by Gasteiger charge is -2.49. The second kappa shape index (κ2) is 5.94. The molecule has 1 aliphatic heterocycles. The van der Waals surface area contributed by atoms with E-state index in [1.165, 1.54) is 19.3 Å². The number of likely N-dealkylation sites (tertiary alicyclic amines) is 1. The fraction of sp³-hybridized carbons (Fsp3) is 1.00. The molecule has 3 nitrogen and oxygen atoms in total. The van der Waals surface area contributed by atoms with E-state index in [-0.39, 0.29) is 0 Å². The molecule has 118 valence electrons. The van der Waals surface area contributed by atoms with Crippen LogP contribution < -0.4 is 5.73 Å². The molecular formula is C17H34N2O. The van der Waals surface area contributed by atoms with Gasteiger partial charge in [0.25, 0.3) is 0 Å². The normalized spacial score (nSPS) is 40.8. The van der Waals surface area contributed by atoms with E-state index in [9.17, 15) is 5.11 Å². The van der Waals surface area contributed by atoms with Gasteiger partial charge in [0.15, 0.2) is 0 Å². The first-order chi connectivity index (χ1) is 9.23. The van der Waals surface area contributed by atoms with Gasteiger partial charge < -0.3 is 10.8 Å². The van der Waals surface area contributed by atoms with Gasteiger partial charge in [-0.1, -0.05) is 20.8 Å². The van der Waals surface area contributed by atoms with Crippen molar-refractivity contribution >= 4 is 0 Å². The van der Waals surface area contributed by atoms with Gasteiger partial charge >= 0.3 is 0 Å². The van der Waals surface area contributed by atoms with E-state index in [0.29, 0.717) is 17.4 Å². The first-order valence-electron chi connectivity index (χ1n) is 8.39. The Morgan fingerprint density at radius 2 is 2.00 bits per heavy atom. The van der Waals surface area contributed by atoms with Crippen LogP contribution in [0.4, 0.5) is 0 Å². The van der Waals surface area contributed by atoms with E-state index in [1.807, 2.05) is 6.92 Å². The topological polar surface area (TPSA) is 49.5 Å². The Hall–Kier alpha value is -0.120. The van der Waals surface area contributed by atoms with Crippen LogP contribution in [0.1, 0.15) is 59.8 Å². The van der Waals surface area contributed by atoms with Gasteiger partial charge in [-0.3, -0.25) is 4.90 Å². The van der Waals surface area contributed by atoms with Crippen LogP contribution in [0.3, 0.4) is 0 Å². The predicted molar refractivity (Wildman–Crippen MR) is 84.6 cm³/mol. The van der Waals surface area contributed by atoms with Crippen molar-refractivity contribution in [2.24, 2.45) is 23.0 Å². The van der Waals surface area contributed by atoms with Crippen LogP contribution >= 0.6 is 0 Å². The molecule has 3 heteroatoms. The minimum Gasteiger partial charge on any atom is -0.389 e. The highest BCUT2D eigenvalue weighted by atomic mass is 16.3. The van der Waals surface area contributed by atoms with Crippen molar-refractivity contribution in [1.29, 1.82) is 0 Å². The average Bonchev–Trinajstić information content (AvgIpc) is 2.35. The number of β-amino-alcohol motifs (C(OH)–C–C–N with tert-alkyl or cyclic N) is 1. The number of nitrogens with two attached hydrogens (primary N) is 1. The molecule has 4 unspecified atom stereocenters. The quantitative estimate of drug-likeness (QED) is 0.818. The first-order valence-corrected chi connectivity index (χ1v) is 8.39. The third-order valence-corrected chi connectivity index (χ3v) is 5.66. The summed E-state index contributed by atoms with van der Waals surface area (Å²) in [5, 5.41) is 10.4. The molecule has 1 saturated heterocycles. The molecule has 1 saturated carbocycles. The van der Waals surface area contributed by atoms with Gasteiger partial charge in [-0.2, -0.15) is 0 Å². The van der Waals surface area contributed by atoms with Gasteiger partial charge in [0, 0.05) is 12.6 Å². The fourth-order valence-electron chi connectivity index (χ4n) is 4.26. The van der Waals surface area contributed by atoms with E-state index in [2.05, 4.69) is 25.7 Å². The van der Waals surface area contributed by atoms with Gasteiger partial charge in [0.1, 0.15) is 0 Å². The summed E-state index contributed by atoms with van der Waals surface area (Å²) in [6.07, 6.45) is 5.86. The van der Waals surface area contributed by atoms with Gasteiger partial charge in [-0.05, 0) is 69.4 Å². The van der Waals surface area contributed by atoms with Crippen LogP contribution in [0.2, 0.25) is 0 Å². The maximum atomic E-state index is 10.4. The SMILES string of the molecule is CC1(O)CCCN(C2CC(C(C)(C)C)CCC2CN)C1. The fourth-order valence-corrected chi connectivity index (χ4v) is 4.26. The smallest absolute Gasteiger partial charge is 0.0746 e. The summed E-state index contributed by atoms with van der Waals surface area (Å²) in [5.74, 6) is 1.39. The molecule has 2 fully saturated rings. The highest BCUT2D eigenvalue weighted by Gasteiger charge is 2.40. The predicted octanol–water partition coefficient (Wildman–Crippen LogP) is 2.62. The number of hydrogen-bond donors (Lipinski definition) is 2. The Morgan fingerprint density at radius 1 is 1.30 bits per heavy atom. The second-order valence-corrected chi connectivity index (χ2v) is 8.51. The molecule has 0 aromatic heterocycles. The van der Waals surface area contributed by atoms with Crippen molar-refractivity contribution in [2.45, 2.75) is 71.4 Å². The molecule has 0 amide bonds. The van der Waals surface area contributed by atoms with Crippen molar-refractivity contribution in [1.82, 2.24) is 4.90 Å². The highest BCUT2D eigenvalue weighted by Crippen LogP contribution is 2.42. The Kier molecular flexibility index (Phi) is 4.83. The van der Waals surface area contributed by atoms with Crippen molar-refractivity contribution in [3.8, 4) is 0 Å². The second-order valence-electron chi connectivity index (χ2n) is 8.51. The monoisotopic (exact) mass is 282 g/mol. The van der Waals surface area contributed by atoms with E-state index < -0.39 is 5.60 Å². The molecule has 1 aliphatic carbocycles. The third-order valence-electron chi connectivity index (χ3n) is 5.66. The van der Waals surface area contributed by atoms with E-state index in [4.69, 9.17) is 5.73 Å². The molecule has 2 aliphatic rings. The van der Waals surface area contributed by atoms with Crippen LogP contribution in [-0.2, 0) is 0 Å². The van der Waals surface area contributed by atoms with Crippen molar-refractivity contribution in [2.75, 3.05) is 19.6 Å². The summed E-state index contributed by atoms with van der Waals surface area (Å²) in [4.78, 5) is 2.54. The largest absolute Gasteiger partial charge is 0.389 e. The maximum Gasteiger partial charge on any atom is 0.0746 e. The lowest BCUT2D eigenvalue weighted by atomic mass is 9.67. The third kappa shape index (κ3) is 3.75. The summed E-state index contributed by atoms with van der Waals surface area (Å²) in [7, 11) is 0. The summed E-state index contributed by atoms with van der Waals surface area (Å²) in [6, 6.07) is 0.574. The number of rotatable bonds is 2. The molecule has 0 aromatic carbocycles. The van der Waals surface area contributed by atoms with Gasteiger partial charge in [0.05, 0.1) is 5.60 Å². The standard InChI is InChI=1S/C17H34N2O/c1-16(2,3)14-7-6-13(11-18)15(10-14)19-9-5-8-17(4,20)12-19/h13-15,20H,5-12,18H2,1-4H3. The van der Waals surface area contributed by atoms with Crippen molar-refractivity contribution in [3.05, 3.63) is 0 Å². The lowest BCUT2D eigenvalue weighted by Crippen LogP contribution is -2.55. The molecule has 2 rings (SSSR count). The number of nitrogens with zero attached hydrogens (tertiary/aromatic N) is 1. The zero-order valence-corrected chi connectivity index (χ0v) is 13.9. The van der Waals surface area contributed by atoms with Crippen LogP contribution in [-0.4, -0.2) is 41.3 Å². The van der Waals surface area contributed by atoms with Crippen LogP contribution in [0.15, 0.2) is 0 Å². The number of piperidine rings is 1. The van der Waals surface area contributed by atoms with Gasteiger partial charge in [-0.25, -0.2) is 0 Å². The summed E-state index contributed by atoms with van der Waals surface area (Å²) in [6.45, 7) is 11.8. The van der Waals surface area contributed by atoms with Crippen LogP contribution in [0, 0.1) is 17.3 Å². The molecule has 0 radical (unpaired) electrons. The Bertz CT molecular complexity index is 318. The molecule has 1 heterocycles. The molecule has 0 spiro atoms. The first kappa shape index (κ1) is 16.3. The molecule has 0 bridgehead atoms. The van der Waals surface area contributed by atoms with Crippen LogP contribution in [0.25, 0.3) is 0 Å². The molecule has 3 N–H and O–H groups in total. The minimum atomic E-state index is -0.508. The molecular weight excluding hydrogens is 248 g/mol. The van der Waals surface area contributed by atoms with Crippen molar-refractivity contribution < 1.29 is 5.11 Å². The number of hydrogen-bond acceptors (Lipinski definition) is 3. The zero-order valence-electron chi connectivity index (χ0n) is 13.9. The molecule has 4 atom stereocenters. The Labute approximate surface area is 124 Å². The molecule has 0 aromatic rings. The van der Waals surface area contributed by atoms with Crippen molar-refractivity contribution in [3.63, 3.8) is 0 Å². The highest BCUT2D eigenvalue weighted by molar-refractivity contribution is 4.94. The van der Waals surface area contributed by atoms with E-state index in [1.54, 1.807) is 0 Å². The Morgan fingerprint density at radius 3 is 2.55 bits per heavy atom. The average molecular weight is 282 g/mol.